The lowest BCUT2D eigenvalue weighted by Crippen LogP contribution is -2.28. The minimum atomic E-state index is 0. The van der Waals surface area contributed by atoms with Crippen molar-refractivity contribution in [2.75, 3.05) is 0 Å². The third-order valence-corrected chi connectivity index (χ3v) is 3.82. The highest BCUT2D eigenvalue weighted by Crippen LogP contribution is 2.44. The first-order chi connectivity index (χ1) is 6.31. The Kier molecular flexibility index (Phi) is 3.97. The molecular formula is C14H22. The number of hydrogen-bond donors (Lipinski definition) is 0. The monoisotopic (exact) mass is 190 g/mol. The standard InChI is InChI=1S/C13H20.CH2/c1-13-10-6-3-2-4-8-12(13)9-5-7-11-13;/h2,4-5,9,12H,3,6-8,10-11H2,1H3;1H2. The van der Waals surface area contributed by atoms with Crippen LogP contribution < -0.4 is 0 Å². The van der Waals surface area contributed by atoms with E-state index in [0.29, 0.717) is 5.41 Å². The quantitative estimate of drug-likeness (QED) is 0.496. The van der Waals surface area contributed by atoms with E-state index in [4.69, 9.17) is 0 Å². The summed E-state index contributed by atoms with van der Waals surface area (Å²) in [5.41, 5.74) is 0.611. The largest absolute Gasteiger partial charge is 0.0885 e. The summed E-state index contributed by atoms with van der Waals surface area (Å²) in [5.74, 6) is 0.817. The van der Waals surface area contributed by atoms with Crippen LogP contribution >= 0.6 is 0 Å². The first-order valence-electron chi connectivity index (χ1n) is 5.63. The zero-order valence-electron chi connectivity index (χ0n) is 9.34. The number of rotatable bonds is 0. The van der Waals surface area contributed by atoms with Crippen molar-refractivity contribution in [1.29, 1.82) is 0 Å². The molecule has 0 bridgehead atoms. The third kappa shape index (κ3) is 2.29. The molecule has 0 heteroatoms. The van der Waals surface area contributed by atoms with Gasteiger partial charge in [0.15, 0.2) is 0 Å². The van der Waals surface area contributed by atoms with E-state index in [1.165, 1.54) is 38.5 Å². The molecule has 2 atom stereocenters. The SMILES string of the molecule is CC12CCC=CC1CC=CCCC2.[CH2]. The van der Waals surface area contributed by atoms with Crippen LogP contribution in [0.25, 0.3) is 0 Å². The van der Waals surface area contributed by atoms with Gasteiger partial charge in [-0.25, -0.2) is 0 Å². The summed E-state index contributed by atoms with van der Waals surface area (Å²) in [4.78, 5) is 0. The highest BCUT2D eigenvalue weighted by molar-refractivity contribution is 5.06. The van der Waals surface area contributed by atoms with Crippen molar-refractivity contribution in [2.45, 2.75) is 45.4 Å². The van der Waals surface area contributed by atoms with Gasteiger partial charge in [0.1, 0.15) is 0 Å². The molecule has 0 heterocycles. The molecule has 0 fully saturated rings. The molecule has 0 amide bonds. The van der Waals surface area contributed by atoms with Crippen LogP contribution in [0.4, 0.5) is 0 Å². The van der Waals surface area contributed by atoms with Crippen LogP contribution in [0.3, 0.4) is 0 Å². The van der Waals surface area contributed by atoms with E-state index < -0.39 is 0 Å². The zero-order chi connectivity index (χ0) is 9.15. The average Bonchev–Trinajstić information content (AvgIpc) is 2.09. The van der Waals surface area contributed by atoms with Crippen LogP contribution in [0.15, 0.2) is 24.3 Å². The molecule has 0 nitrogen and oxygen atoms in total. The normalized spacial score (nSPS) is 36.5. The highest BCUT2D eigenvalue weighted by atomic mass is 14.4. The molecule has 2 radical (unpaired) electrons. The van der Waals surface area contributed by atoms with Crippen LogP contribution in [0.1, 0.15) is 45.4 Å². The molecule has 78 valence electrons. The molecule has 0 saturated carbocycles. The second-order valence-electron chi connectivity index (χ2n) is 4.83. The van der Waals surface area contributed by atoms with Crippen LogP contribution in [-0.2, 0) is 0 Å². The lowest BCUT2D eigenvalue weighted by atomic mass is 9.66. The Hall–Kier alpha value is -0.520. The smallest absolute Gasteiger partial charge is 0.0145 e. The van der Waals surface area contributed by atoms with Crippen molar-refractivity contribution < 1.29 is 0 Å². The van der Waals surface area contributed by atoms with Crippen molar-refractivity contribution in [1.82, 2.24) is 0 Å². The maximum Gasteiger partial charge on any atom is -0.0145 e. The van der Waals surface area contributed by atoms with E-state index in [1.54, 1.807) is 0 Å². The Morgan fingerprint density at radius 3 is 2.79 bits per heavy atom. The summed E-state index contributed by atoms with van der Waals surface area (Å²) in [5, 5.41) is 0. The van der Waals surface area contributed by atoms with Gasteiger partial charge in [0.05, 0.1) is 0 Å². The highest BCUT2D eigenvalue weighted by Gasteiger charge is 2.32. The summed E-state index contributed by atoms with van der Waals surface area (Å²) in [6.07, 6.45) is 17.7. The topological polar surface area (TPSA) is 0 Å². The van der Waals surface area contributed by atoms with Gasteiger partial charge in [-0.1, -0.05) is 38.7 Å². The van der Waals surface area contributed by atoms with Gasteiger partial charge in [0.2, 0.25) is 0 Å². The summed E-state index contributed by atoms with van der Waals surface area (Å²) in [6.45, 7) is 2.49. The van der Waals surface area contributed by atoms with E-state index in [9.17, 15) is 0 Å². The second-order valence-corrected chi connectivity index (χ2v) is 4.83. The van der Waals surface area contributed by atoms with Gasteiger partial charge in [-0.2, -0.15) is 0 Å². The molecule has 2 aliphatic carbocycles. The summed E-state index contributed by atoms with van der Waals surface area (Å²) in [7, 11) is 0. The van der Waals surface area contributed by atoms with Crippen molar-refractivity contribution in [3.8, 4) is 0 Å². The Labute approximate surface area is 89.1 Å². The van der Waals surface area contributed by atoms with E-state index in [2.05, 4.69) is 31.2 Å². The Morgan fingerprint density at radius 2 is 1.93 bits per heavy atom. The predicted molar refractivity (Wildman–Crippen MR) is 62.9 cm³/mol. The Bertz CT molecular complexity index is 224. The maximum absolute atomic E-state index is 2.49. The summed E-state index contributed by atoms with van der Waals surface area (Å²) >= 11 is 0. The van der Waals surface area contributed by atoms with Gasteiger partial charge < -0.3 is 0 Å². The first kappa shape index (κ1) is 11.6. The number of hydrogen-bond acceptors (Lipinski definition) is 0. The first-order valence-corrected chi connectivity index (χ1v) is 5.63. The molecular weight excluding hydrogens is 168 g/mol. The molecule has 0 saturated heterocycles. The fourth-order valence-corrected chi connectivity index (χ4v) is 2.75. The van der Waals surface area contributed by atoms with E-state index in [-0.39, 0.29) is 7.43 Å². The second kappa shape index (κ2) is 4.82. The van der Waals surface area contributed by atoms with Crippen LogP contribution in [0, 0.1) is 18.8 Å². The molecule has 0 spiro atoms. The third-order valence-electron chi connectivity index (χ3n) is 3.82. The fraction of sp³-hybridized carbons (Fsp3) is 0.643. The average molecular weight is 190 g/mol. The minimum absolute atomic E-state index is 0. The van der Waals surface area contributed by atoms with Crippen LogP contribution in [0.2, 0.25) is 0 Å². The van der Waals surface area contributed by atoms with Gasteiger partial charge in [0.25, 0.3) is 0 Å². The van der Waals surface area contributed by atoms with Crippen molar-refractivity contribution >= 4 is 0 Å². The van der Waals surface area contributed by atoms with E-state index >= 15 is 0 Å². The number of fused-ring (bicyclic) bond motifs is 1. The molecule has 0 aromatic carbocycles. The lowest BCUT2D eigenvalue weighted by molar-refractivity contribution is 0.175. The molecule has 0 aromatic heterocycles. The van der Waals surface area contributed by atoms with Gasteiger partial charge >= 0.3 is 0 Å². The Morgan fingerprint density at radius 1 is 1.07 bits per heavy atom. The predicted octanol–water partition coefficient (Wildman–Crippen LogP) is 4.42. The Balaban J connectivity index is 0.000000980. The van der Waals surface area contributed by atoms with E-state index in [0.717, 1.165) is 5.92 Å². The number of allylic oxidation sites excluding steroid dienone is 4. The summed E-state index contributed by atoms with van der Waals surface area (Å²) in [6, 6.07) is 0. The van der Waals surface area contributed by atoms with Crippen LogP contribution in [0.5, 0.6) is 0 Å². The molecule has 14 heavy (non-hydrogen) atoms. The van der Waals surface area contributed by atoms with Crippen molar-refractivity contribution in [3.05, 3.63) is 31.7 Å². The fourth-order valence-electron chi connectivity index (χ4n) is 2.75. The maximum atomic E-state index is 2.49. The van der Waals surface area contributed by atoms with Gasteiger partial charge in [-0.05, 0) is 49.9 Å². The lowest BCUT2D eigenvalue weighted by Gasteiger charge is -2.39. The van der Waals surface area contributed by atoms with E-state index in [1.807, 2.05) is 0 Å². The molecule has 0 aromatic rings. The van der Waals surface area contributed by atoms with Crippen molar-refractivity contribution in [3.63, 3.8) is 0 Å². The summed E-state index contributed by atoms with van der Waals surface area (Å²) < 4.78 is 0. The zero-order valence-corrected chi connectivity index (χ0v) is 9.34. The molecule has 0 N–H and O–H groups in total. The molecule has 2 rings (SSSR count). The van der Waals surface area contributed by atoms with Gasteiger partial charge in [0, 0.05) is 0 Å². The van der Waals surface area contributed by atoms with Gasteiger partial charge in [-0.15, -0.1) is 0 Å². The minimum Gasteiger partial charge on any atom is -0.0885 e. The van der Waals surface area contributed by atoms with Gasteiger partial charge in [-0.3, -0.25) is 0 Å². The molecule has 2 aliphatic rings. The molecule has 0 aliphatic heterocycles. The van der Waals surface area contributed by atoms with Crippen LogP contribution in [-0.4, -0.2) is 0 Å². The van der Waals surface area contributed by atoms with Crippen molar-refractivity contribution in [2.24, 2.45) is 11.3 Å². The molecule has 2 unspecified atom stereocenters.